The van der Waals surface area contributed by atoms with Gasteiger partial charge in [0.2, 0.25) is 0 Å². The van der Waals surface area contributed by atoms with Gasteiger partial charge in [-0.05, 0) is 96.9 Å². The van der Waals surface area contributed by atoms with Crippen molar-refractivity contribution in [3.63, 3.8) is 0 Å². The monoisotopic (exact) mass is 734 g/mol. The first-order valence-corrected chi connectivity index (χ1v) is 20.2. The van der Waals surface area contributed by atoms with Gasteiger partial charge in [-0.15, -0.1) is 0 Å². The van der Waals surface area contributed by atoms with Gasteiger partial charge in [-0.2, -0.15) is 5.10 Å². The zero-order valence-electron chi connectivity index (χ0n) is 32.9. The summed E-state index contributed by atoms with van der Waals surface area (Å²) in [7, 11) is 0. The fourth-order valence-electron chi connectivity index (χ4n) is 9.90. The summed E-state index contributed by atoms with van der Waals surface area (Å²) < 4.78 is 0. The van der Waals surface area contributed by atoms with Gasteiger partial charge in [0.15, 0.2) is 0 Å². The fraction of sp³-hybridized carbons (Fsp3) is 0.145. The molecule has 1 unspecified atom stereocenters. The van der Waals surface area contributed by atoms with Gasteiger partial charge in [0.05, 0.1) is 23.9 Å². The molecule has 1 atom stereocenters. The second-order valence-corrected chi connectivity index (χ2v) is 16.6. The highest BCUT2D eigenvalue weighted by Gasteiger charge is 2.53. The lowest BCUT2D eigenvalue weighted by atomic mass is 9.55. The minimum atomic E-state index is -0.426. The minimum Gasteiger partial charge on any atom is -0.261 e. The Balaban J connectivity index is 1.13. The summed E-state index contributed by atoms with van der Waals surface area (Å²) in [6.07, 6.45) is 11.9. The molecule has 7 aromatic carbocycles. The van der Waals surface area contributed by atoms with E-state index < -0.39 is 5.41 Å². The van der Waals surface area contributed by atoms with E-state index in [0.29, 0.717) is 6.54 Å². The highest BCUT2D eigenvalue weighted by atomic mass is 15.4. The fourth-order valence-corrected chi connectivity index (χ4v) is 9.90. The summed E-state index contributed by atoms with van der Waals surface area (Å²) in [5.74, 6) is 0. The number of hydrogen-bond acceptors (Lipinski definition) is 2. The molecule has 276 valence electrons. The Labute approximate surface area is 337 Å². The van der Waals surface area contributed by atoms with Crippen LogP contribution in [0.1, 0.15) is 77.3 Å². The van der Waals surface area contributed by atoms with Crippen molar-refractivity contribution in [3.8, 4) is 22.3 Å². The van der Waals surface area contributed by atoms with Crippen LogP contribution in [0.15, 0.2) is 199 Å². The summed E-state index contributed by atoms with van der Waals surface area (Å²) >= 11 is 0. The number of rotatable bonds is 7. The van der Waals surface area contributed by atoms with E-state index in [4.69, 9.17) is 5.10 Å². The molecule has 2 nitrogen and oxygen atoms in total. The number of allylic oxidation sites excluding steroid dienone is 4. The van der Waals surface area contributed by atoms with Crippen LogP contribution >= 0.6 is 0 Å². The Kier molecular flexibility index (Phi) is 8.34. The molecule has 0 N–H and O–H groups in total. The van der Waals surface area contributed by atoms with Gasteiger partial charge in [-0.1, -0.05) is 197 Å². The van der Waals surface area contributed by atoms with Gasteiger partial charge in [-0.25, -0.2) is 0 Å². The van der Waals surface area contributed by atoms with Crippen molar-refractivity contribution in [1.82, 2.24) is 0 Å². The predicted octanol–water partition coefficient (Wildman–Crippen LogP) is 13.2. The van der Waals surface area contributed by atoms with E-state index in [1.165, 1.54) is 66.8 Å². The maximum absolute atomic E-state index is 5.34. The van der Waals surface area contributed by atoms with Gasteiger partial charge in [0.25, 0.3) is 0 Å². The van der Waals surface area contributed by atoms with Crippen LogP contribution in [0.2, 0.25) is 0 Å². The maximum atomic E-state index is 5.34. The molecule has 0 aliphatic heterocycles. The quantitative estimate of drug-likeness (QED) is 0.118. The van der Waals surface area contributed by atoms with Crippen molar-refractivity contribution in [3.05, 3.63) is 244 Å². The minimum absolute atomic E-state index is 0.0395. The molecule has 0 aromatic heterocycles. The molecule has 0 bridgehead atoms. The van der Waals surface area contributed by atoms with E-state index in [2.05, 4.69) is 220 Å². The van der Waals surface area contributed by atoms with Gasteiger partial charge < -0.3 is 0 Å². The van der Waals surface area contributed by atoms with Crippen LogP contribution in [0, 0.1) is 0 Å². The summed E-state index contributed by atoms with van der Waals surface area (Å²) in [6.45, 7) is 7.76. The third-order valence-electron chi connectivity index (χ3n) is 12.8. The lowest BCUT2D eigenvalue weighted by Gasteiger charge is -2.47. The molecule has 7 aromatic rings. The molecule has 0 saturated carbocycles. The molecule has 0 saturated heterocycles. The second kappa shape index (κ2) is 13.6. The lowest BCUT2D eigenvalue weighted by Crippen LogP contribution is -2.40. The SMILES string of the molecule is CC1(c2cccc(CN(/N=C/c3cccc(-c4ccccc4)c3)c3ccc4c(c3)C(C)(C)c3ccccc3C43c4ccccc4-c4ccccc43)c2)C=CC=CC1. The van der Waals surface area contributed by atoms with Gasteiger partial charge >= 0.3 is 0 Å². The predicted molar refractivity (Wildman–Crippen MR) is 238 cm³/mol. The third kappa shape index (κ3) is 5.65. The summed E-state index contributed by atoms with van der Waals surface area (Å²) in [5, 5.41) is 7.54. The van der Waals surface area contributed by atoms with Crippen molar-refractivity contribution in [1.29, 1.82) is 0 Å². The Morgan fingerprint density at radius 3 is 1.93 bits per heavy atom. The Morgan fingerprint density at radius 2 is 1.19 bits per heavy atom. The normalized spacial score (nSPS) is 17.9. The summed E-state index contributed by atoms with van der Waals surface area (Å²) in [6, 6.07) is 62.7. The van der Waals surface area contributed by atoms with E-state index >= 15 is 0 Å². The van der Waals surface area contributed by atoms with Crippen LogP contribution in [0.3, 0.4) is 0 Å². The molecule has 10 rings (SSSR count). The van der Waals surface area contributed by atoms with Crippen molar-refractivity contribution in [2.24, 2.45) is 5.10 Å². The average Bonchev–Trinajstić information content (AvgIpc) is 3.56. The first-order valence-electron chi connectivity index (χ1n) is 20.2. The zero-order chi connectivity index (χ0) is 38.6. The number of hydrogen-bond donors (Lipinski definition) is 0. The number of anilines is 1. The molecular weight excluding hydrogens is 689 g/mol. The topological polar surface area (TPSA) is 15.6 Å². The molecule has 0 amide bonds. The highest BCUT2D eigenvalue weighted by molar-refractivity contribution is 5.89. The molecule has 2 heteroatoms. The molecule has 0 fully saturated rings. The van der Waals surface area contributed by atoms with E-state index in [0.717, 1.165) is 17.7 Å². The van der Waals surface area contributed by atoms with Gasteiger partial charge in [-0.3, -0.25) is 5.01 Å². The van der Waals surface area contributed by atoms with E-state index in [1.54, 1.807) is 0 Å². The largest absolute Gasteiger partial charge is 0.261 e. The Hall–Kier alpha value is -6.51. The van der Waals surface area contributed by atoms with Crippen molar-refractivity contribution in [2.75, 3.05) is 5.01 Å². The Bertz CT molecular complexity index is 2700. The van der Waals surface area contributed by atoms with Crippen LogP contribution in [0.25, 0.3) is 22.3 Å². The first-order chi connectivity index (χ1) is 27.9. The smallest absolute Gasteiger partial charge is 0.0719 e. The summed E-state index contributed by atoms with van der Waals surface area (Å²) in [4.78, 5) is 0. The third-order valence-corrected chi connectivity index (χ3v) is 12.8. The first kappa shape index (κ1) is 34.9. The molecule has 3 aliphatic rings. The van der Waals surface area contributed by atoms with Gasteiger partial charge in [0, 0.05) is 10.8 Å². The van der Waals surface area contributed by atoms with Crippen LogP contribution < -0.4 is 5.01 Å². The maximum Gasteiger partial charge on any atom is 0.0719 e. The second-order valence-electron chi connectivity index (χ2n) is 16.6. The van der Waals surface area contributed by atoms with E-state index in [9.17, 15) is 0 Å². The highest BCUT2D eigenvalue weighted by Crippen LogP contribution is 2.62. The number of nitrogens with zero attached hydrogens (tertiary/aromatic N) is 2. The molecule has 57 heavy (non-hydrogen) atoms. The van der Waals surface area contributed by atoms with Crippen LogP contribution in [-0.4, -0.2) is 6.21 Å². The summed E-state index contributed by atoms with van der Waals surface area (Å²) in [5.41, 5.74) is 17.1. The Morgan fingerprint density at radius 1 is 0.544 bits per heavy atom. The molecule has 0 heterocycles. The van der Waals surface area contributed by atoms with Crippen molar-refractivity contribution < 1.29 is 0 Å². The number of hydrazone groups is 1. The lowest BCUT2D eigenvalue weighted by molar-refractivity contribution is 0.563. The van der Waals surface area contributed by atoms with E-state index in [1.807, 2.05) is 6.21 Å². The average molecular weight is 735 g/mol. The molecule has 3 aliphatic carbocycles. The van der Waals surface area contributed by atoms with Gasteiger partial charge in [0.1, 0.15) is 0 Å². The van der Waals surface area contributed by atoms with Crippen molar-refractivity contribution >= 4 is 11.9 Å². The molecular formula is C55H46N2. The van der Waals surface area contributed by atoms with E-state index in [-0.39, 0.29) is 10.8 Å². The number of benzene rings is 7. The van der Waals surface area contributed by atoms with Crippen LogP contribution in [0.5, 0.6) is 0 Å². The van der Waals surface area contributed by atoms with Crippen molar-refractivity contribution in [2.45, 2.75) is 50.0 Å². The number of fused-ring (bicyclic) bond motifs is 9. The zero-order valence-corrected chi connectivity index (χ0v) is 32.9. The van der Waals surface area contributed by atoms with Crippen LogP contribution in [-0.2, 0) is 22.8 Å². The van der Waals surface area contributed by atoms with Crippen LogP contribution in [0.4, 0.5) is 5.69 Å². The standard InChI is InChI=1S/C55H46N2/c1-53(2)49-28-12-13-29-50(49)55(47-26-10-8-24-45(47)46-25-9-11-27-48(46)55)51-31-30-44(36-52(51)53)57(38-40-19-17-23-43(35-40)54(3)32-14-5-15-33-54)56-37-39-18-16-22-42(34-39)41-20-6-4-7-21-41/h4-32,34-37H,33,38H2,1-3H3/b56-37+. The molecule has 0 radical (unpaired) electrons. The molecule has 1 spiro atoms.